The molecule has 0 saturated carbocycles. The third-order valence-electron chi connectivity index (χ3n) is 14.7. The van der Waals surface area contributed by atoms with Crippen LogP contribution in [0.2, 0.25) is 0 Å². The molecule has 4 heteroatoms. The Morgan fingerprint density at radius 2 is 0.452 bits per heavy atom. The van der Waals surface area contributed by atoms with Crippen molar-refractivity contribution in [2.24, 2.45) is 0 Å². The van der Waals surface area contributed by atoms with Gasteiger partial charge in [-0.1, -0.05) is 243 Å². The Bertz CT molecular complexity index is 2750. The molecule has 1 saturated heterocycles. The van der Waals surface area contributed by atoms with Crippen molar-refractivity contribution in [1.29, 1.82) is 0 Å². The molecule has 0 aliphatic carbocycles. The molecule has 1 heterocycles. The highest BCUT2D eigenvalue weighted by Gasteiger charge is 2.37. The molecule has 0 aromatic heterocycles. The molecule has 10 aromatic rings. The first-order valence-electron chi connectivity index (χ1n) is 25.5. The predicted octanol–water partition coefficient (Wildman–Crippen LogP) is 15.7. The lowest BCUT2D eigenvalue weighted by Crippen LogP contribution is -2.30. The topological polar surface area (TPSA) is 24.9 Å². The van der Waals surface area contributed by atoms with E-state index >= 15 is 0 Å². The van der Waals surface area contributed by atoms with E-state index in [4.69, 9.17) is 9.47 Å². The van der Waals surface area contributed by atoms with Crippen LogP contribution in [0, 0.1) is 0 Å². The number of hydrogen-bond acceptors (Lipinski definition) is 4. The smallest absolute Gasteiger partial charge is 0.119 e. The molecule has 358 valence electrons. The number of benzene rings is 10. The van der Waals surface area contributed by atoms with Crippen LogP contribution in [0.25, 0.3) is 0 Å². The van der Waals surface area contributed by atoms with Crippen molar-refractivity contribution < 1.29 is 9.47 Å². The Hall–Kier alpha value is -8.60. The van der Waals surface area contributed by atoms with Gasteiger partial charge in [0.1, 0.15) is 11.5 Å². The minimum absolute atomic E-state index is 0.0966. The highest BCUT2D eigenvalue weighted by molar-refractivity contribution is 5.75. The van der Waals surface area contributed by atoms with E-state index in [2.05, 4.69) is 277 Å². The maximum atomic E-state index is 6.38. The summed E-state index contributed by atoms with van der Waals surface area (Å²) in [6, 6.07) is 97.2. The van der Waals surface area contributed by atoms with Crippen molar-refractivity contribution in [2.45, 2.75) is 23.7 Å². The van der Waals surface area contributed by atoms with Gasteiger partial charge in [0.15, 0.2) is 0 Å². The summed E-state index contributed by atoms with van der Waals surface area (Å²) < 4.78 is 12.8. The van der Waals surface area contributed by atoms with Gasteiger partial charge in [0.2, 0.25) is 0 Å². The van der Waals surface area contributed by atoms with Crippen LogP contribution in [0.4, 0.5) is 11.4 Å². The lowest BCUT2D eigenvalue weighted by Gasteiger charge is -2.35. The van der Waals surface area contributed by atoms with Crippen molar-refractivity contribution in [1.82, 2.24) is 0 Å². The van der Waals surface area contributed by atoms with Crippen LogP contribution in [-0.2, 0) is 0 Å². The molecule has 4 nitrogen and oxygen atoms in total. The monoisotopic (exact) mass is 948 g/mol. The van der Waals surface area contributed by atoms with E-state index < -0.39 is 0 Å². The van der Waals surface area contributed by atoms with Crippen molar-refractivity contribution >= 4 is 11.4 Å². The van der Waals surface area contributed by atoms with Gasteiger partial charge in [0.25, 0.3) is 0 Å². The molecule has 1 aliphatic heterocycles. The van der Waals surface area contributed by atoms with Crippen LogP contribution in [-0.4, -0.2) is 34.0 Å². The maximum absolute atomic E-state index is 6.38. The summed E-state index contributed by atoms with van der Waals surface area (Å²) in [4.78, 5) is 5.33. The van der Waals surface area contributed by atoms with E-state index in [0.29, 0.717) is 6.67 Å². The second-order valence-corrected chi connectivity index (χ2v) is 19.0. The summed E-state index contributed by atoms with van der Waals surface area (Å²) in [6.07, 6.45) is 0. The molecule has 10 aromatic carbocycles. The average Bonchev–Trinajstić information content (AvgIpc) is 3.95. The SMILES string of the molecule is COc1cc(C(c2ccccc2)c2ccccc2)c(N2CCN(c3c(C(c4ccccc4)c4ccccc4)cc(OC)cc3C(c3ccccc3)c3ccccc3)C2)c(C(c2ccccc2)c2ccccc2)c1. The van der Waals surface area contributed by atoms with Crippen LogP contribution in [0.5, 0.6) is 11.5 Å². The Kier molecular flexibility index (Phi) is 14.0. The molecule has 0 spiro atoms. The van der Waals surface area contributed by atoms with Gasteiger partial charge < -0.3 is 19.3 Å². The van der Waals surface area contributed by atoms with Gasteiger partial charge in [0.05, 0.1) is 20.9 Å². The summed E-state index contributed by atoms with van der Waals surface area (Å²) in [7, 11) is 3.61. The maximum Gasteiger partial charge on any atom is 0.119 e. The molecule has 0 unspecified atom stereocenters. The van der Waals surface area contributed by atoms with Gasteiger partial charge in [-0.25, -0.2) is 0 Å². The van der Waals surface area contributed by atoms with Crippen molar-refractivity contribution in [3.8, 4) is 11.5 Å². The van der Waals surface area contributed by atoms with Crippen molar-refractivity contribution in [3.63, 3.8) is 0 Å². The number of ether oxygens (including phenoxy) is 2. The normalized spacial score (nSPS) is 12.5. The first-order chi connectivity index (χ1) is 36.2. The van der Waals surface area contributed by atoms with E-state index in [1.165, 1.54) is 78.1 Å². The van der Waals surface area contributed by atoms with E-state index in [1.807, 2.05) is 0 Å². The van der Waals surface area contributed by atoms with E-state index in [0.717, 1.165) is 24.6 Å². The summed E-state index contributed by atoms with van der Waals surface area (Å²) >= 11 is 0. The minimum atomic E-state index is -0.0966. The van der Waals surface area contributed by atoms with Gasteiger partial charge >= 0.3 is 0 Å². The highest BCUT2D eigenvalue weighted by atomic mass is 16.5. The third kappa shape index (κ3) is 9.77. The number of methoxy groups -OCH3 is 2. The third-order valence-corrected chi connectivity index (χ3v) is 14.7. The fraction of sp³-hybridized carbons (Fsp3) is 0.130. The Balaban J connectivity index is 1.19. The highest BCUT2D eigenvalue weighted by Crippen LogP contribution is 2.51. The average molecular weight is 949 g/mol. The second kappa shape index (κ2) is 21.8. The fourth-order valence-electron chi connectivity index (χ4n) is 11.5. The Morgan fingerprint density at radius 1 is 0.274 bits per heavy atom. The molecular weight excluding hydrogens is 889 g/mol. The molecular formula is C69H60N2O2. The summed E-state index contributed by atoms with van der Waals surface area (Å²) in [5.41, 5.74) is 17.1. The minimum Gasteiger partial charge on any atom is -0.497 e. The fourth-order valence-corrected chi connectivity index (χ4v) is 11.5. The van der Waals surface area contributed by atoms with E-state index in [1.54, 1.807) is 14.2 Å². The van der Waals surface area contributed by atoms with E-state index in [-0.39, 0.29) is 23.7 Å². The largest absolute Gasteiger partial charge is 0.497 e. The van der Waals surface area contributed by atoms with Crippen LogP contribution >= 0.6 is 0 Å². The Labute approximate surface area is 431 Å². The molecule has 0 radical (unpaired) electrons. The van der Waals surface area contributed by atoms with Gasteiger partial charge in [-0.3, -0.25) is 0 Å². The molecule has 0 atom stereocenters. The standard InChI is InChI=1S/C69H60N2O2/c1-72-58-45-60(64(50-27-11-3-12-28-50)51-29-13-4-14-30-51)68(61(46-58)65(52-31-15-5-16-32-52)53-33-17-6-18-34-53)70-43-44-71(49-70)69-62(66(54-35-19-7-20-36-54)55-37-21-8-22-38-55)47-59(73-2)48-63(69)67(56-39-23-9-24-40-56)57-41-25-10-26-42-57/h3-42,45-48,64-67H,43-44,49H2,1-2H3. The predicted molar refractivity (Wildman–Crippen MR) is 301 cm³/mol. The summed E-state index contributed by atoms with van der Waals surface area (Å²) in [5.74, 6) is 1.28. The zero-order chi connectivity index (χ0) is 49.3. The number of nitrogens with zero attached hydrogens (tertiary/aromatic N) is 2. The number of hydrogen-bond donors (Lipinski definition) is 0. The zero-order valence-electron chi connectivity index (χ0n) is 41.5. The van der Waals surface area contributed by atoms with Gasteiger partial charge in [-0.15, -0.1) is 0 Å². The molecule has 0 amide bonds. The van der Waals surface area contributed by atoms with Crippen LogP contribution < -0.4 is 19.3 Å². The van der Waals surface area contributed by atoms with Crippen LogP contribution in [0.3, 0.4) is 0 Å². The van der Waals surface area contributed by atoms with Gasteiger partial charge in [0, 0.05) is 48.1 Å². The molecule has 0 N–H and O–H groups in total. The molecule has 1 fully saturated rings. The van der Waals surface area contributed by atoms with E-state index in [9.17, 15) is 0 Å². The molecule has 11 rings (SSSR count). The summed E-state index contributed by atoms with van der Waals surface area (Å²) in [6.45, 7) is 2.21. The first-order valence-corrected chi connectivity index (χ1v) is 25.5. The first kappa shape index (κ1) is 46.8. The lowest BCUT2D eigenvalue weighted by atomic mass is 9.78. The molecule has 0 bridgehead atoms. The summed E-state index contributed by atoms with van der Waals surface area (Å²) in [5, 5.41) is 0. The quantitative estimate of drug-likeness (QED) is 0.0901. The molecule has 1 aliphatic rings. The van der Waals surface area contributed by atoms with Crippen molar-refractivity contribution in [2.75, 3.05) is 43.8 Å². The van der Waals surface area contributed by atoms with Crippen molar-refractivity contribution in [3.05, 3.63) is 334 Å². The second-order valence-electron chi connectivity index (χ2n) is 19.0. The zero-order valence-corrected chi connectivity index (χ0v) is 41.5. The number of anilines is 2. The Morgan fingerprint density at radius 3 is 0.616 bits per heavy atom. The van der Waals surface area contributed by atoms with Gasteiger partial charge in [-0.05, 0) is 91.0 Å². The van der Waals surface area contributed by atoms with Crippen LogP contribution in [0.15, 0.2) is 267 Å². The van der Waals surface area contributed by atoms with Gasteiger partial charge in [-0.2, -0.15) is 0 Å². The van der Waals surface area contributed by atoms with Crippen LogP contribution in [0.1, 0.15) is 90.4 Å². The molecule has 73 heavy (non-hydrogen) atoms. The lowest BCUT2D eigenvalue weighted by molar-refractivity contribution is 0.413. The number of rotatable bonds is 16.